The molecule has 1 fully saturated rings. The fourth-order valence-electron chi connectivity index (χ4n) is 3.09. The molecular weight excluding hydrogens is 349 g/mol. The summed E-state index contributed by atoms with van der Waals surface area (Å²) < 4.78 is 24.4. The number of amides is 1. The minimum atomic E-state index is -0.558. The Bertz CT molecular complexity index is 841. The second kappa shape index (κ2) is 8.49. The molecule has 6 nitrogen and oxygen atoms in total. The first kappa shape index (κ1) is 18.6. The van der Waals surface area contributed by atoms with Crippen LogP contribution in [0.4, 0.5) is 4.39 Å². The maximum Gasteiger partial charge on any atom is 0.251 e. The lowest BCUT2D eigenvalue weighted by Crippen LogP contribution is -2.39. The van der Waals surface area contributed by atoms with E-state index in [2.05, 4.69) is 10.3 Å². The van der Waals surface area contributed by atoms with E-state index in [4.69, 9.17) is 14.7 Å². The number of ether oxygens (including phenoxy) is 2. The van der Waals surface area contributed by atoms with Crippen molar-refractivity contribution in [2.75, 3.05) is 7.11 Å². The Balaban J connectivity index is 1.49. The van der Waals surface area contributed by atoms with Gasteiger partial charge in [-0.15, -0.1) is 0 Å². The second-order valence-electron chi connectivity index (χ2n) is 6.41. The maximum atomic E-state index is 13.8. The summed E-state index contributed by atoms with van der Waals surface area (Å²) in [6, 6.07) is 9.56. The number of nitriles is 1. The third kappa shape index (κ3) is 4.73. The van der Waals surface area contributed by atoms with E-state index < -0.39 is 5.82 Å². The molecule has 1 aromatic carbocycles. The summed E-state index contributed by atoms with van der Waals surface area (Å²) in [7, 11) is 1.38. The third-order valence-corrected chi connectivity index (χ3v) is 4.58. The Kier molecular flexibility index (Phi) is 5.87. The summed E-state index contributed by atoms with van der Waals surface area (Å²) in [6.07, 6.45) is 4.61. The molecule has 0 radical (unpaired) electrons. The number of methoxy groups -OCH3 is 1. The summed E-state index contributed by atoms with van der Waals surface area (Å²) >= 11 is 0. The van der Waals surface area contributed by atoms with Crippen LogP contribution in [-0.4, -0.2) is 30.1 Å². The number of benzene rings is 1. The van der Waals surface area contributed by atoms with E-state index in [0.717, 1.165) is 25.7 Å². The largest absolute Gasteiger partial charge is 0.494 e. The molecule has 1 aliphatic carbocycles. The van der Waals surface area contributed by atoms with Crippen molar-refractivity contribution in [3.63, 3.8) is 0 Å². The van der Waals surface area contributed by atoms with Gasteiger partial charge in [-0.2, -0.15) is 5.26 Å². The van der Waals surface area contributed by atoms with Gasteiger partial charge in [0, 0.05) is 23.9 Å². The first-order valence-electron chi connectivity index (χ1n) is 8.76. The van der Waals surface area contributed by atoms with Crippen molar-refractivity contribution in [1.82, 2.24) is 10.3 Å². The predicted octanol–water partition coefficient (Wildman–Crippen LogP) is 3.22. The summed E-state index contributed by atoms with van der Waals surface area (Å²) in [4.78, 5) is 16.4. The van der Waals surface area contributed by atoms with Crippen LogP contribution in [0.25, 0.3) is 0 Å². The van der Waals surface area contributed by atoms with Crippen LogP contribution >= 0.6 is 0 Å². The smallest absolute Gasteiger partial charge is 0.251 e. The van der Waals surface area contributed by atoms with Gasteiger partial charge in [-0.25, -0.2) is 9.37 Å². The van der Waals surface area contributed by atoms with Crippen LogP contribution in [0.1, 0.15) is 41.6 Å². The molecule has 0 saturated heterocycles. The van der Waals surface area contributed by atoms with Gasteiger partial charge >= 0.3 is 0 Å². The number of halogens is 1. The van der Waals surface area contributed by atoms with Gasteiger partial charge in [-0.3, -0.25) is 4.79 Å². The minimum absolute atomic E-state index is 0.0245. The Morgan fingerprint density at radius 1 is 1.26 bits per heavy atom. The van der Waals surface area contributed by atoms with Crippen LogP contribution < -0.4 is 14.8 Å². The summed E-state index contributed by atoms with van der Waals surface area (Å²) in [5, 5.41) is 11.7. The van der Waals surface area contributed by atoms with Crippen LogP contribution in [0, 0.1) is 17.1 Å². The highest BCUT2D eigenvalue weighted by Gasteiger charge is 2.24. The number of carbonyl (C=O) groups is 1. The lowest BCUT2D eigenvalue weighted by molar-refractivity contribution is 0.0889. The highest BCUT2D eigenvalue weighted by atomic mass is 19.1. The highest BCUT2D eigenvalue weighted by molar-refractivity contribution is 5.94. The van der Waals surface area contributed by atoms with Crippen LogP contribution in [0.3, 0.4) is 0 Å². The molecule has 0 aliphatic heterocycles. The molecule has 0 spiro atoms. The molecule has 0 atom stereocenters. The normalized spacial score (nSPS) is 19.0. The van der Waals surface area contributed by atoms with E-state index in [1.54, 1.807) is 18.2 Å². The van der Waals surface area contributed by atoms with Crippen molar-refractivity contribution in [3.8, 4) is 17.7 Å². The molecule has 1 heterocycles. The van der Waals surface area contributed by atoms with Crippen molar-refractivity contribution in [2.24, 2.45) is 0 Å². The Morgan fingerprint density at radius 3 is 2.63 bits per heavy atom. The zero-order chi connectivity index (χ0) is 19.2. The van der Waals surface area contributed by atoms with Crippen LogP contribution in [0.5, 0.6) is 11.6 Å². The number of nitrogens with zero attached hydrogens (tertiary/aromatic N) is 2. The monoisotopic (exact) mass is 369 g/mol. The average molecular weight is 369 g/mol. The molecule has 1 amide bonds. The number of hydrogen-bond acceptors (Lipinski definition) is 5. The molecule has 1 saturated carbocycles. The molecule has 3 rings (SSSR count). The molecule has 0 unspecified atom stereocenters. The van der Waals surface area contributed by atoms with Crippen LogP contribution in [0.15, 0.2) is 36.5 Å². The Hall–Kier alpha value is -3.14. The molecule has 27 heavy (non-hydrogen) atoms. The second-order valence-corrected chi connectivity index (χ2v) is 6.41. The van der Waals surface area contributed by atoms with Gasteiger partial charge in [0.15, 0.2) is 11.6 Å². The van der Waals surface area contributed by atoms with E-state index in [1.807, 2.05) is 6.07 Å². The standard InChI is InChI=1S/C20H20FN3O3/c1-26-18-8-3-14(10-17(18)21)20(25)24-15-4-6-16(7-5-15)27-19-9-2-13(11-22)12-23-19/h2-3,8-10,12,15-16H,4-7H2,1H3,(H,24,25). The molecule has 7 heteroatoms. The van der Waals surface area contributed by atoms with E-state index in [1.165, 1.54) is 25.4 Å². The van der Waals surface area contributed by atoms with Gasteiger partial charge in [0.25, 0.3) is 5.91 Å². The van der Waals surface area contributed by atoms with Gasteiger partial charge in [0.2, 0.25) is 5.88 Å². The van der Waals surface area contributed by atoms with Crippen molar-refractivity contribution < 1.29 is 18.7 Å². The molecule has 1 aromatic heterocycles. The summed E-state index contributed by atoms with van der Waals surface area (Å²) in [5.74, 6) is -0.248. The summed E-state index contributed by atoms with van der Waals surface area (Å²) in [6.45, 7) is 0. The molecule has 1 aliphatic rings. The fourth-order valence-corrected chi connectivity index (χ4v) is 3.09. The quantitative estimate of drug-likeness (QED) is 0.875. The van der Waals surface area contributed by atoms with Gasteiger partial charge < -0.3 is 14.8 Å². The lowest BCUT2D eigenvalue weighted by Gasteiger charge is -2.29. The van der Waals surface area contributed by atoms with Gasteiger partial charge in [-0.1, -0.05) is 0 Å². The SMILES string of the molecule is COc1ccc(C(=O)NC2CCC(Oc3ccc(C#N)cn3)CC2)cc1F. The van der Waals surface area contributed by atoms with Crippen molar-refractivity contribution in [1.29, 1.82) is 5.26 Å². The van der Waals surface area contributed by atoms with E-state index in [0.29, 0.717) is 11.4 Å². The van der Waals surface area contributed by atoms with Crippen molar-refractivity contribution in [2.45, 2.75) is 37.8 Å². The first-order valence-corrected chi connectivity index (χ1v) is 8.76. The van der Waals surface area contributed by atoms with Gasteiger partial charge in [0.1, 0.15) is 12.2 Å². The number of pyridine rings is 1. The maximum absolute atomic E-state index is 13.8. The first-order chi connectivity index (χ1) is 13.1. The molecule has 140 valence electrons. The number of rotatable bonds is 5. The third-order valence-electron chi connectivity index (χ3n) is 4.58. The Morgan fingerprint density at radius 2 is 2.04 bits per heavy atom. The predicted molar refractivity (Wildman–Crippen MR) is 96.0 cm³/mol. The number of nitrogens with one attached hydrogen (secondary N) is 1. The minimum Gasteiger partial charge on any atom is -0.494 e. The van der Waals surface area contributed by atoms with Crippen molar-refractivity contribution in [3.05, 3.63) is 53.5 Å². The zero-order valence-corrected chi connectivity index (χ0v) is 14.9. The highest BCUT2D eigenvalue weighted by Crippen LogP contribution is 2.24. The average Bonchev–Trinajstić information content (AvgIpc) is 2.70. The number of aromatic nitrogens is 1. The lowest BCUT2D eigenvalue weighted by atomic mass is 9.92. The fraction of sp³-hybridized carbons (Fsp3) is 0.350. The number of carbonyl (C=O) groups excluding carboxylic acids is 1. The summed E-state index contributed by atoms with van der Waals surface area (Å²) in [5.41, 5.74) is 0.761. The van der Waals surface area contributed by atoms with Gasteiger partial charge in [-0.05, 0) is 49.9 Å². The van der Waals surface area contributed by atoms with Crippen molar-refractivity contribution >= 4 is 5.91 Å². The van der Waals surface area contributed by atoms with Crippen LogP contribution in [0.2, 0.25) is 0 Å². The molecule has 2 aromatic rings. The zero-order valence-electron chi connectivity index (χ0n) is 14.9. The Labute approximate surface area is 156 Å². The molecular formula is C20H20FN3O3. The molecule has 1 N–H and O–H groups in total. The number of hydrogen-bond donors (Lipinski definition) is 1. The van der Waals surface area contributed by atoms with E-state index in [9.17, 15) is 9.18 Å². The van der Waals surface area contributed by atoms with E-state index in [-0.39, 0.29) is 29.4 Å². The molecule has 0 bridgehead atoms. The topological polar surface area (TPSA) is 84.2 Å². The van der Waals surface area contributed by atoms with E-state index >= 15 is 0 Å². The van der Waals surface area contributed by atoms with Crippen LogP contribution in [-0.2, 0) is 0 Å². The van der Waals surface area contributed by atoms with Gasteiger partial charge in [0.05, 0.1) is 12.7 Å².